The summed E-state index contributed by atoms with van der Waals surface area (Å²) in [7, 11) is 2.02. The van der Waals surface area contributed by atoms with Gasteiger partial charge in [-0.15, -0.1) is 0 Å². The first kappa shape index (κ1) is 13.0. The van der Waals surface area contributed by atoms with Crippen molar-refractivity contribution < 1.29 is 9.50 Å². The maximum absolute atomic E-state index is 13.1. The van der Waals surface area contributed by atoms with Crippen LogP contribution in [-0.2, 0) is 6.54 Å². The van der Waals surface area contributed by atoms with Crippen molar-refractivity contribution in [1.82, 2.24) is 4.90 Å². The monoisotopic (exact) mass is 225 g/mol. The molecule has 0 radical (unpaired) electrons. The average Bonchev–Trinajstić information content (AvgIpc) is 2.23. The van der Waals surface area contributed by atoms with Gasteiger partial charge < -0.3 is 5.11 Å². The summed E-state index contributed by atoms with van der Waals surface area (Å²) < 4.78 is 13.1. The van der Waals surface area contributed by atoms with Crippen LogP contribution in [0.2, 0.25) is 0 Å². The van der Waals surface area contributed by atoms with Gasteiger partial charge in [-0.3, -0.25) is 4.90 Å². The van der Waals surface area contributed by atoms with Crippen molar-refractivity contribution in [2.24, 2.45) is 0 Å². The third-order valence-corrected chi connectivity index (χ3v) is 3.33. The highest BCUT2D eigenvalue weighted by Gasteiger charge is 2.21. The Morgan fingerprint density at radius 2 is 2.00 bits per heavy atom. The van der Waals surface area contributed by atoms with Gasteiger partial charge in [0.05, 0.1) is 0 Å². The third kappa shape index (κ3) is 2.95. The van der Waals surface area contributed by atoms with Gasteiger partial charge >= 0.3 is 0 Å². The lowest BCUT2D eigenvalue weighted by molar-refractivity contribution is 0.143. The van der Waals surface area contributed by atoms with Crippen LogP contribution in [0.5, 0.6) is 5.75 Å². The van der Waals surface area contributed by atoms with E-state index in [9.17, 15) is 4.39 Å². The maximum atomic E-state index is 13.1. The van der Waals surface area contributed by atoms with E-state index in [2.05, 4.69) is 25.7 Å². The molecule has 0 heterocycles. The smallest absolute Gasteiger partial charge is 0.165 e. The maximum Gasteiger partial charge on any atom is 0.165 e. The number of aromatic hydroxyl groups is 1. The van der Waals surface area contributed by atoms with E-state index in [1.165, 1.54) is 12.1 Å². The fourth-order valence-corrected chi connectivity index (χ4v) is 1.41. The van der Waals surface area contributed by atoms with E-state index in [1.807, 2.05) is 7.05 Å². The second-order valence-electron chi connectivity index (χ2n) is 4.81. The highest BCUT2D eigenvalue weighted by atomic mass is 19.1. The molecule has 0 atom stereocenters. The van der Waals surface area contributed by atoms with E-state index < -0.39 is 5.82 Å². The standard InChI is InChI=1S/C13H20FNO/c1-5-13(2,3)15(4)9-10-6-7-12(16)11(14)8-10/h6-8,16H,5,9H2,1-4H3. The Morgan fingerprint density at radius 3 is 2.50 bits per heavy atom. The summed E-state index contributed by atoms with van der Waals surface area (Å²) in [5.41, 5.74) is 0.966. The molecule has 0 aliphatic carbocycles. The lowest BCUT2D eigenvalue weighted by Gasteiger charge is -2.34. The van der Waals surface area contributed by atoms with Crippen LogP contribution in [0.15, 0.2) is 18.2 Å². The molecular weight excluding hydrogens is 205 g/mol. The first-order valence-corrected chi connectivity index (χ1v) is 5.55. The molecule has 0 spiro atoms. The first-order valence-electron chi connectivity index (χ1n) is 5.55. The second kappa shape index (κ2) is 4.83. The number of benzene rings is 1. The highest BCUT2D eigenvalue weighted by molar-refractivity contribution is 5.28. The van der Waals surface area contributed by atoms with Crippen LogP contribution in [0.25, 0.3) is 0 Å². The molecule has 0 fully saturated rings. The largest absolute Gasteiger partial charge is 0.505 e. The van der Waals surface area contributed by atoms with Crippen LogP contribution < -0.4 is 0 Å². The fraction of sp³-hybridized carbons (Fsp3) is 0.538. The minimum absolute atomic E-state index is 0.0916. The number of halogens is 1. The average molecular weight is 225 g/mol. The van der Waals surface area contributed by atoms with E-state index in [4.69, 9.17) is 5.11 Å². The Hall–Kier alpha value is -1.09. The number of hydrogen-bond donors (Lipinski definition) is 1. The molecule has 3 heteroatoms. The molecule has 1 rings (SSSR count). The molecule has 90 valence electrons. The summed E-state index contributed by atoms with van der Waals surface area (Å²) in [4.78, 5) is 2.18. The molecule has 0 amide bonds. The van der Waals surface area contributed by atoms with E-state index in [1.54, 1.807) is 6.07 Å². The van der Waals surface area contributed by atoms with Gasteiger partial charge in [0.1, 0.15) is 0 Å². The third-order valence-electron chi connectivity index (χ3n) is 3.33. The summed E-state index contributed by atoms with van der Waals surface area (Å²) in [5.74, 6) is -0.846. The van der Waals surface area contributed by atoms with Gasteiger partial charge in [0.25, 0.3) is 0 Å². The van der Waals surface area contributed by atoms with Gasteiger partial charge in [0.2, 0.25) is 0 Å². The number of phenols is 1. The molecule has 1 aromatic carbocycles. The Labute approximate surface area is 96.7 Å². The normalized spacial score (nSPS) is 12.1. The number of phenolic OH excluding ortho intramolecular Hbond substituents is 1. The number of nitrogens with zero attached hydrogens (tertiary/aromatic N) is 1. The molecule has 0 unspecified atom stereocenters. The van der Waals surface area contributed by atoms with E-state index in [0.29, 0.717) is 6.54 Å². The molecular formula is C13H20FNO. The summed E-state index contributed by atoms with van der Waals surface area (Å²) in [6, 6.07) is 4.54. The zero-order valence-corrected chi connectivity index (χ0v) is 10.4. The molecule has 0 aromatic heterocycles. The zero-order valence-electron chi connectivity index (χ0n) is 10.4. The van der Waals surface area contributed by atoms with Crippen molar-refractivity contribution in [2.75, 3.05) is 7.05 Å². The van der Waals surface area contributed by atoms with Crippen molar-refractivity contribution in [3.8, 4) is 5.75 Å². The predicted octanol–water partition coefficient (Wildman–Crippen LogP) is 3.15. The van der Waals surface area contributed by atoms with Crippen molar-refractivity contribution >= 4 is 0 Å². The van der Waals surface area contributed by atoms with Crippen LogP contribution in [0.1, 0.15) is 32.8 Å². The molecule has 0 bridgehead atoms. The Morgan fingerprint density at radius 1 is 1.38 bits per heavy atom. The molecule has 0 aliphatic heterocycles. The van der Waals surface area contributed by atoms with Crippen LogP contribution >= 0.6 is 0 Å². The molecule has 2 nitrogen and oxygen atoms in total. The van der Waals surface area contributed by atoms with Crippen LogP contribution in [-0.4, -0.2) is 22.6 Å². The minimum atomic E-state index is -0.555. The van der Waals surface area contributed by atoms with Crippen molar-refractivity contribution in [3.05, 3.63) is 29.6 Å². The SMILES string of the molecule is CCC(C)(C)N(C)Cc1ccc(O)c(F)c1. The van der Waals surface area contributed by atoms with Crippen LogP contribution in [0, 0.1) is 5.82 Å². The van der Waals surface area contributed by atoms with Gasteiger partial charge in [-0.05, 0) is 45.0 Å². The van der Waals surface area contributed by atoms with Gasteiger partial charge in [0.15, 0.2) is 11.6 Å². The van der Waals surface area contributed by atoms with E-state index in [0.717, 1.165) is 12.0 Å². The van der Waals surface area contributed by atoms with Gasteiger partial charge in [0, 0.05) is 12.1 Å². The first-order chi connectivity index (χ1) is 7.36. The molecule has 16 heavy (non-hydrogen) atoms. The van der Waals surface area contributed by atoms with Crippen molar-refractivity contribution in [3.63, 3.8) is 0 Å². The lowest BCUT2D eigenvalue weighted by atomic mass is 9.99. The molecule has 0 aliphatic rings. The predicted molar refractivity (Wildman–Crippen MR) is 63.9 cm³/mol. The molecule has 0 saturated carbocycles. The van der Waals surface area contributed by atoms with Crippen molar-refractivity contribution in [2.45, 2.75) is 39.3 Å². The van der Waals surface area contributed by atoms with Crippen molar-refractivity contribution in [1.29, 1.82) is 0 Å². The Balaban J connectivity index is 2.77. The Bertz CT molecular complexity index is 363. The highest BCUT2D eigenvalue weighted by Crippen LogP contribution is 2.21. The summed E-state index contributed by atoms with van der Waals surface area (Å²) >= 11 is 0. The van der Waals surface area contributed by atoms with Gasteiger partial charge in [-0.2, -0.15) is 0 Å². The summed E-state index contributed by atoms with van der Waals surface area (Å²) in [6.07, 6.45) is 1.03. The van der Waals surface area contributed by atoms with E-state index in [-0.39, 0.29) is 11.3 Å². The molecule has 1 N–H and O–H groups in total. The minimum Gasteiger partial charge on any atom is -0.505 e. The van der Waals surface area contributed by atoms with Gasteiger partial charge in [-0.25, -0.2) is 4.39 Å². The van der Waals surface area contributed by atoms with E-state index >= 15 is 0 Å². The van der Waals surface area contributed by atoms with Crippen LogP contribution in [0.4, 0.5) is 4.39 Å². The quantitative estimate of drug-likeness (QED) is 0.851. The fourth-order valence-electron chi connectivity index (χ4n) is 1.41. The summed E-state index contributed by atoms with van der Waals surface area (Å²) in [5, 5.41) is 9.10. The number of hydrogen-bond acceptors (Lipinski definition) is 2. The second-order valence-corrected chi connectivity index (χ2v) is 4.81. The number of rotatable bonds is 4. The Kier molecular flexibility index (Phi) is 3.92. The zero-order chi connectivity index (χ0) is 12.3. The van der Waals surface area contributed by atoms with Crippen LogP contribution in [0.3, 0.4) is 0 Å². The molecule has 1 aromatic rings. The lowest BCUT2D eigenvalue weighted by Crippen LogP contribution is -2.39. The summed E-state index contributed by atoms with van der Waals surface area (Å²) in [6.45, 7) is 7.12. The van der Waals surface area contributed by atoms with Gasteiger partial charge in [-0.1, -0.05) is 13.0 Å². The topological polar surface area (TPSA) is 23.5 Å². The molecule has 0 saturated heterocycles.